The molecule has 2 heterocycles. The van der Waals surface area contributed by atoms with E-state index in [1.807, 2.05) is 30.3 Å². The van der Waals surface area contributed by atoms with Gasteiger partial charge in [0.15, 0.2) is 0 Å². The quantitative estimate of drug-likeness (QED) is 0.411. The lowest BCUT2D eigenvalue weighted by Gasteiger charge is -2.42. The minimum Gasteiger partial charge on any atom is -0.497 e. The van der Waals surface area contributed by atoms with Gasteiger partial charge in [-0.05, 0) is 29.8 Å². The van der Waals surface area contributed by atoms with Crippen molar-refractivity contribution in [1.29, 1.82) is 0 Å². The number of hydrogen-bond donors (Lipinski definition) is 3. The second-order valence-corrected chi connectivity index (χ2v) is 10.1. The highest BCUT2D eigenvalue weighted by atomic mass is 16.5. The third kappa shape index (κ3) is 7.29. The number of anilines is 1. The van der Waals surface area contributed by atoms with Crippen LogP contribution in [0.3, 0.4) is 0 Å². The molecule has 0 aliphatic carbocycles. The van der Waals surface area contributed by atoms with E-state index in [-0.39, 0.29) is 37.4 Å². The molecule has 11 nitrogen and oxygen atoms in total. The van der Waals surface area contributed by atoms with Gasteiger partial charge < -0.3 is 35.2 Å². The van der Waals surface area contributed by atoms with Crippen molar-refractivity contribution in [2.24, 2.45) is 5.92 Å². The van der Waals surface area contributed by atoms with Gasteiger partial charge in [0.25, 0.3) is 0 Å². The molecule has 0 spiro atoms. The predicted octanol–water partition coefficient (Wildman–Crippen LogP) is 0.614. The van der Waals surface area contributed by atoms with E-state index in [9.17, 15) is 19.2 Å². The van der Waals surface area contributed by atoms with Crippen molar-refractivity contribution in [2.75, 3.05) is 52.3 Å². The second kappa shape index (κ2) is 13.8. The number of methoxy groups -OCH3 is 2. The summed E-state index contributed by atoms with van der Waals surface area (Å²) in [5, 5.41) is 7.84. The molecule has 11 heteroatoms. The van der Waals surface area contributed by atoms with Gasteiger partial charge in [-0.1, -0.05) is 30.3 Å². The molecular weight excluding hydrogens is 514 g/mol. The molecule has 0 saturated carbocycles. The lowest BCUT2D eigenvalue weighted by molar-refractivity contribution is -0.664. The molecule has 2 aliphatic rings. The monoisotopic (exact) mass is 552 g/mol. The van der Waals surface area contributed by atoms with Crippen LogP contribution in [0.2, 0.25) is 0 Å². The summed E-state index contributed by atoms with van der Waals surface area (Å²) >= 11 is 0. The molecule has 0 aromatic heterocycles. The van der Waals surface area contributed by atoms with Crippen LogP contribution in [0, 0.1) is 5.92 Å². The zero-order valence-corrected chi connectivity index (χ0v) is 23.0. The SMILES string of the molecule is COC(=O)[C@H](Cc1ccc(OC)cc1)NC(=O)[C@H]1CN(C(=O)Nc2ccccc2)CCN1C(=O)C1CC[NH2+]CC1. The average molecular weight is 553 g/mol. The van der Waals surface area contributed by atoms with Gasteiger partial charge in [-0.25, -0.2) is 9.59 Å². The van der Waals surface area contributed by atoms with Crippen LogP contribution in [0.1, 0.15) is 18.4 Å². The molecule has 0 bridgehead atoms. The van der Waals surface area contributed by atoms with E-state index in [1.54, 1.807) is 36.3 Å². The topological polar surface area (TPSA) is 134 Å². The van der Waals surface area contributed by atoms with Gasteiger partial charge in [-0.2, -0.15) is 0 Å². The number of piperidine rings is 1. The number of carbonyl (C=O) groups is 4. The van der Waals surface area contributed by atoms with Crippen LogP contribution in [-0.2, 0) is 25.5 Å². The number of hydrogen-bond acceptors (Lipinski definition) is 6. The summed E-state index contributed by atoms with van der Waals surface area (Å²) in [4.78, 5) is 56.2. The van der Waals surface area contributed by atoms with E-state index >= 15 is 0 Å². The van der Waals surface area contributed by atoms with E-state index in [0.717, 1.165) is 31.5 Å². The summed E-state index contributed by atoms with van der Waals surface area (Å²) in [6, 6.07) is 14.0. The van der Waals surface area contributed by atoms with E-state index < -0.39 is 24.0 Å². The van der Waals surface area contributed by atoms with Gasteiger partial charge in [0.05, 0.1) is 33.9 Å². The van der Waals surface area contributed by atoms with Crippen molar-refractivity contribution in [3.05, 3.63) is 60.2 Å². The van der Waals surface area contributed by atoms with Gasteiger partial charge >= 0.3 is 12.0 Å². The Labute approximate surface area is 234 Å². The Kier molecular flexibility index (Phi) is 9.96. The Hall–Kier alpha value is -4.12. The Morgan fingerprint density at radius 1 is 0.975 bits per heavy atom. The second-order valence-electron chi connectivity index (χ2n) is 10.1. The molecule has 214 valence electrons. The van der Waals surface area contributed by atoms with Crippen LogP contribution in [0.25, 0.3) is 0 Å². The summed E-state index contributed by atoms with van der Waals surface area (Å²) in [6.45, 7) is 2.24. The van der Waals surface area contributed by atoms with Crippen molar-refractivity contribution < 1.29 is 34.0 Å². The summed E-state index contributed by atoms with van der Waals surface area (Å²) in [6.07, 6.45) is 1.67. The first-order valence-electron chi connectivity index (χ1n) is 13.6. The first-order chi connectivity index (χ1) is 19.4. The smallest absolute Gasteiger partial charge is 0.328 e. The third-order valence-electron chi connectivity index (χ3n) is 7.47. The number of nitrogens with zero attached hydrogens (tertiary/aromatic N) is 2. The molecule has 2 atom stereocenters. The number of piperazine rings is 1. The zero-order chi connectivity index (χ0) is 28.5. The average Bonchev–Trinajstić information content (AvgIpc) is 3.00. The molecule has 4 rings (SSSR count). The van der Waals surface area contributed by atoms with Gasteiger partial charge in [0.1, 0.15) is 17.8 Å². The number of amides is 4. The number of benzene rings is 2. The minimum atomic E-state index is -0.972. The van der Waals surface area contributed by atoms with E-state index in [4.69, 9.17) is 9.47 Å². The Bertz CT molecular complexity index is 1170. The van der Waals surface area contributed by atoms with Crippen molar-refractivity contribution in [1.82, 2.24) is 15.1 Å². The lowest BCUT2D eigenvalue weighted by Crippen LogP contribution is -2.86. The van der Waals surface area contributed by atoms with Crippen molar-refractivity contribution in [3.63, 3.8) is 0 Å². The molecule has 4 N–H and O–H groups in total. The number of para-hydroxylation sites is 1. The van der Waals surface area contributed by atoms with Crippen LogP contribution in [0.4, 0.5) is 10.5 Å². The van der Waals surface area contributed by atoms with Crippen LogP contribution in [0.5, 0.6) is 5.75 Å². The zero-order valence-electron chi connectivity index (χ0n) is 23.0. The first-order valence-corrected chi connectivity index (χ1v) is 13.6. The summed E-state index contributed by atoms with van der Waals surface area (Å²) in [7, 11) is 2.83. The maximum Gasteiger partial charge on any atom is 0.328 e. The fourth-order valence-corrected chi connectivity index (χ4v) is 5.19. The third-order valence-corrected chi connectivity index (χ3v) is 7.47. The molecular formula is C29H38N5O6+. The normalized spacial score (nSPS) is 18.4. The first kappa shape index (κ1) is 28.9. The van der Waals surface area contributed by atoms with Crippen LogP contribution >= 0.6 is 0 Å². The van der Waals surface area contributed by atoms with Gasteiger partial charge in [0.2, 0.25) is 11.8 Å². The van der Waals surface area contributed by atoms with E-state index in [0.29, 0.717) is 18.0 Å². The summed E-state index contributed by atoms with van der Waals surface area (Å²) < 4.78 is 10.2. The van der Waals surface area contributed by atoms with Crippen molar-refractivity contribution in [2.45, 2.75) is 31.3 Å². The minimum absolute atomic E-state index is 0.00547. The number of rotatable bonds is 8. The van der Waals surface area contributed by atoms with Crippen LogP contribution in [-0.4, -0.2) is 92.6 Å². The molecule has 4 amide bonds. The molecule has 0 radical (unpaired) electrons. The van der Waals surface area contributed by atoms with E-state index in [2.05, 4.69) is 16.0 Å². The molecule has 2 aromatic rings. The fourth-order valence-electron chi connectivity index (χ4n) is 5.19. The number of esters is 1. The molecule has 0 unspecified atom stereocenters. The van der Waals surface area contributed by atoms with Crippen molar-refractivity contribution in [3.8, 4) is 5.75 Å². The van der Waals surface area contributed by atoms with Gasteiger partial charge in [-0.15, -0.1) is 0 Å². The van der Waals surface area contributed by atoms with Gasteiger partial charge in [0, 0.05) is 44.0 Å². The maximum atomic E-state index is 13.7. The Balaban J connectivity index is 1.52. The maximum absolute atomic E-state index is 13.7. The lowest BCUT2D eigenvalue weighted by atomic mass is 9.95. The number of carbonyl (C=O) groups excluding carboxylic acids is 4. The summed E-state index contributed by atoms with van der Waals surface area (Å²) in [5.41, 5.74) is 1.44. The highest BCUT2D eigenvalue weighted by Gasteiger charge is 2.41. The van der Waals surface area contributed by atoms with E-state index in [1.165, 1.54) is 12.0 Å². The Morgan fingerprint density at radius 3 is 2.33 bits per heavy atom. The molecule has 2 fully saturated rings. The highest BCUT2D eigenvalue weighted by molar-refractivity contribution is 5.94. The number of nitrogens with two attached hydrogens (primary N) is 1. The fraction of sp³-hybridized carbons (Fsp3) is 0.448. The summed E-state index contributed by atoms with van der Waals surface area (Å²) in [5.74, 6) is -0.675. The number of nitrogens with one attached hydrogen (secondary N) is 2. The Morgan fingerprint density at radius 2 is 1.68 bits per heavy atom. The largest absolute Gasteiger partial charge is 0.497 e. The highest BCUT2D eigenvalue weighted by Crippen LogP contribution is 2.20. The number of quaternary nitrogens is 1. The standard InChI is InChI=1S/C29H37N5O6/c1-39-23-10-8-20(9-11-23)18-24(28(37)40-2)32-26(35)25-19-33(29(38)31-22-6-4-3-5-7-22)16-17-34(25)27(36)21-12-14-30-15-13-21/h3-11,21,24-25,30H,12-19H2,1-2H3,(H,31,38)(H,32,35)/p+1/t24-,25+/m0/s1. The molecule has 2 saturated heterocycles. The van der Waals surface area contributed by atoms with Crippen LogP contribution < -0.4 is 20.7 Å². The predicted molar refractivity (Wildman–Crippen MR) is 148 cm³/mol. The number of urea groups is 1. The molecule has 40 heavy (non-hydrogen) atoms. The van der Waals surface area contributed by atoms with Crippen molar-refractivity contribution >= 4 is 29.5 Å². The number of ether oxygens (including phenoxy) is 2. The molecule has 2 aromatic carbocycles. The van der Waals surface area contributed by atoms with Crippen LogP contribution in [0.15, 0.2) is 54.6 Å². The molecule has 2 aliphatic heterocycles. The van der Waals surface area contributed by atoms with Gasteiger partial charge in [-0.3, -0.25) is 9.59 Å².